The number of aliphatic hydroxyl groups excluding tert-OH is 1. The second-order valence-electron chi connectivity index (χ2n) is 5.30. The highest BCUT2D eigenvalue weighted by molar-refractivity contribution is 7.92. The van der Waals surface area contributed by atoms with Gasteiger partial charge in [-0.2, -0.15) is 11.3 Å². The van der Waals surface area contributed by atoms with Crippen LogP contribution in [0.15, 0.2) is 70.3 Å². The maximum atomic E-state index is 12.7. The summed E-state index contributed by atoms with van der Waals surface area (Å²) in [6, 6.07) is 15.7. The van der Waals surface area contributed by atoms with E-state index in [0.29, 0.717) is 5.69 Å². The van der Waals surface area contributed by atoms with Crippen LogP contribution < -0.4 is 4.31 Å². The van der Waals surface area contributed by atoms with Gasteiger partial charge in [0.25, 0.3) is 10.0 Å². The van der Waals surface area contributed by atoms with Crippen molar-refractivity contribution in [1.82, 2.24) is 0 Å². The molecular formula is C18H17NO3S2. The number of aliphatic hydroxyl groups is 1. The molecule has 0 radical (unpaired) electrons. The van der Waals surface area contributed by atoms with Crippen LogP contribution in [0.2, 0.25) is 0 Å². The van der Waals surface area contributed by atoms with Crippen LogP contribution in [0.3, 0.4) is 0 Å². The van der Waals surface area contributed by atoms with Crippen molar-refractivity contribution in [2.24, 2.45) is 0 Å². The lowest BCUT2D eigenvalue weighted by molar-refractivity contribution is 0.283. The number of benzene rings is 2. The fourth-order valence-corrected chi connectivity index (χ4v) is 4.49. The Morgan fingerprint density at radius 2 is 1.67 bits per heavy atom. The molecule has 1 N–H and O–H groups in total. The third kappa shape index (κ3) is 3.08. The molecule has 1 aromatic heterocycles. The molecule has 0 atom stereocenters. The fraction of sp³-hybridized carbons (Fsp3) is 0.111. The summed E-state index contributed by atoms with van der Waals surface area (Å²) in [6.45, 7) is -0.0321. The molecular weight excluding hydrogens is 342 g/mol. The van der Waals surface area contributed by atoms with Crippen molar-refractivity contribution in [3.05, 3.63) is 70.9 Å². The quantitative estimate of drug-likeness (QED) is 0.755. The minimum atomic E-state index is -3.61. The molecule has 0 unspecified atom stereocenters. The Bertz CT molecular complexity index is 916. The Labute approximate surface area is 145 Å². The summed E-state index contributed by atoms with van der Waals surface area (Å²) in [4.78, 5) is 0.235. The third-order valence-corrected chi connectivity index (χ3v) is 6.45. The molecule has 0 bridgehead atoms. The average Bonchev–Trinajstić information content (AvgIpc) is 3.10. The highest BCUT2D eigenvalue weighted by atomic mass is 32.2. The van der Waals surface area contributed by atoms with Gasteiger partial charge >= 0.3 is 0 Å². The number of para-hydroxylation sites is 1. The van der Waals surface area contributed by atoms with Gasteiger partial charge < -0.3 is 5.11 Å². The molecule has 0 saturated carbocycles. The van der Waals surface area contributed by atoms with Gasteiger partial charge in [0.05, 0.1) is 17.2 Å². The molecule has 0 aliphatic heterocycles. The maximum Gasteiger partial charge on any atom is 0.264 e. The van der Waals surface area contributed by atoms with Crippen LogP contribution in [0.25, 0.3) is 11.1 Å². The summed E-state index contributed by atoms with van der Waals surface area (Å²) in [5.41, 5.74) is 3.28. The first-order chi connectivity index (χ1) is 11.5. The van der Waals surface area contributed by atoms with Crippen LogP contribution >= 0.6 is 11.3 Å². The Kier molecular flexibility index (Phi) is 4.71. The van der Waals surface area contributed by atoms with E-state index in [1.165, 1.54) is 15.6 Å². The zero-order valence-corrected chi connectivity index (χ0v) is 14.7. The molecule has 2 aromatic carbocycles. The first kappa shape index (κ1) is 16.7. The first-order valence-corrected chi connectivity index (χ1v) is 9.72. The monoisotopic (exact) mass is 359 g/mol. The Balaban J connectivity index is 1.93. The molecule has 124 valence electrons. The Morgan fingerprint density at radius 1 is 1.00 bits per heavy atom. The van der Waals surface area contributed by atoms with Gasteiger partial charge in [-0.1, -0.05) is 30.3 Å². The van der Waals surface area contributed by atoms with Crippen molar-refractivity contribution >= 4 is 27.0 Å². The second kappa shape index (κ2) is 6.76. The average molecular weight is 359 g/mol. The molecule has 0 amide bonds. The van der Waals surface area contributed by atoms with Crippen LogP contribution in [-0.4, -0.2) is 20.6 Å². The minimum absolute atomic E-state index is 0.0321. The molecule has 24 heavy (non-hydrogen) atoms. The molecule has 0 aliphatic rings. The highest BCUT2D eigenvalue weighted by Gasteiger charge is 2.21. The smallest absolute Gasteiger partial charge is 0.264 e. The molecule has 4 nitrogen and oxygen atoms in total. The summed E-state index contributed by atoms with van der Waals surface area (Å²) in [7, 11) is -2.06. The molecule has 1 heterocycles. The fourth-order valence-electron chi connectivity index (χ4n) is 2.44. The molecule has 0 fully saturated rings. The van der Waals surface area contributed by atoms with Crippen LogP contribution in [-0.2, 0) is 16.6 Å². The minimum Gasteiger partial charge on any atom is -0.392 e. The second-order valence-corrected chi connectivity index (χ2v) is 8.01. The number of anilines is 1. The molecule has 3 rings (SSSR count). The lowest BCUT2D eigenvalue weighted by Crippen LogP contribution is -2.26. The standard InChI is InChI=1S/C18H17NO3S2/c1-19(16-5-3-2-4-6-16)24(21,22)17-9-7-14(8-10-17)18-13-23-12-15(18)11-20/h2-10,12-13,20H,11H2,1H3. The zero-order valence-electron chi connectivity index (χ0n) is 13.1. The predicted octanol–water partition coefficient (Wildman–Crippen LogP) is 3.73. The van der Waals surface area contributed by atoms with Gasteiger partial charge in [-0.15, -0.1) is 0 Å². The van der Waals surface area contributed by atoms with Crippen LogP contribution in [0.1, 0.15) is 5.56 Å². The molecule has 0 spiro atoms. The Hall–Kier alpha value is -2.15. The Morgan fingerprint density at radius 3 is 2.29 bits per heavy atom. The summed E-state index contributed by atoms with van der Waals surface area (Å²) in [6.07, 6.45) is 0. The number of hydrogen-bond donors (Lipinski definition) is 1. The van der Waals surface area contributed by atoms with Gasteiger partial charge in [0.1, 0.15) is 0 Å². The van der Waals surface area contributed by atoms with Crippen molar-refractivity contribution in [3.63, 3.8) is 0 Å². The normalized spacial score (nSPS) is 11.4. The van der Waals surface area contributed by atoms with E-state index < -0.39 is 10.0 Å². The van der Waals surface area contributed by atoms with Crippen LogP contribution in [0.5, 0.6) is 0 Å². The SMILES string of the molecule is CN(c1ccccc1)S(=O)(=O)c1ccc(-c2cscc2CO)cc1. The number of sulfonamides is 1. The van der Waals surface area contributed by atoms with Crippen LogP contribution in [0, 0.1) is 0 Å². The molecule has 6 heteroatoms. The van der Waals surface area contributed by atoms with Crippen molar-refractivity contribution < 1.29 is 13.5 Å². The summed E-state index contributed by atoms with van der Waals surface area (Å²) < 4.78 is 26.8. The maximum absolute atomic E-state index is 12.7. The van der Waals surface area contributed by atoms with Gasteiger partial charge in [-0.05, 0) is 51.7 Å². The molecule has 0 saturated heterocycles. The van der Waals surface area contributed by atoms with Gasteiger partial charge in [-0.3, -0.25) is 4.31 Å². The van der Waals surface area contributed by atoms with E-state index in [0.717, 1.165) is 16.7 Å². The van der Waals surface area contributed by atoms with Gasteiger partial charge in [0, 0.05) is 7.05 Å². The van der Waals surface area contributed by atoms with E-state index in [1.807, 2.05) is 16.8 Å². The van der Waals surface area contributed by atoms with Gasteiger partial charge in [0.2, 0.25) is 0 Å². The van der Waals surface area contributed by atoms with E-state index in [-0.39, 0.29) is 11.5 Å². The van der Waals surface area contributed by atoms with Crippen molar-refractivity contribution in [2.75, 3.05) is 11.4 Å². The van der Waals surface area contributed by atoms with E-state index in [9.17, 15) is 13.5 Å². The van der Waals surface area contributed by atoms with E-state index in [2.05, 4.69) is 0 Å². The molecule has 3 aromatic rings. The predicted molar refractivity (Wildman–Crippen MR) is 97.7 cm³/mol. The van der Waals surface area contributed by atoms with Crippen molar-refractivity contribution in [1.29, 1.82) is 0 Å². The number of hydrogen-bond acceptors (Lipinski definition) is 4. The van der Waals surface area contributed by atoms with E-state index in [1.54, 1.807) is 55.6 Å². The van der Waals surface area contributed by atoms with Gasteiger partial charge in [-0.25, -0.2) is 8.42 Å². The lowest BCUT2D eigenvalue weighted by Gasteiger charge is -2.19. The summed E-state index contributed by atoms with van der Waals surface area (Å²) >= 11 is 1.51. The number of rotatable bonds is 5. The lowest BCUT2D eigenvalue weighted by atomic mass is 10.1. The molecule has 0 aliphatic carbocycles. The largest absolute Gasteiger partial charge is 0.392 e. The van der Waals surface area contributed by atoms with Crippen molar-refractivity contribution in [2.45, 2.75) is 11.5 Å². The van der Waals surface area contributed by atoms with E-state index >= 15 is 0 Å². The summed E-state index contributed by atoms with van der Waals surface area (Å²) in [5.74, 6) is 0. The van der Waals surface area contributed by atoms with Crippen molar-refractivity contribution in [3.8, 4) is 11.1 Å². The van der Waals surface area contributed by atoms with Gasteiger partial charge in [0.15, 0.2) is 0 Å². The zero-order chi connectivity index (χ0) is 17.2. The number of thiophene rings is 1. The third-order valence-electron chi connectivity index (χ3n) is 3.86. The number of nitrogens with zero attached hydrogens (tertiary/aromatic N) is 1. The topological polar surface area (TPSA) is 57.6 Å². The van der Waals surface area contributed by atoms with Crippen LogP contribution in [0.4, 0.5) is 5.69 Å². The first-order valence-electron chi connectivity index (χ1n) is 7.34. The highest BCUT2D eigenvalue weighted by Crippen LogP contribution is 2.29. The van der Waals surface area contributed by atoms with E-state index in [4.69, 9.17) is 0 Å². The summed E-state index contributed by atoms with van der Waals surface area (Å²) in [5, 5.41) is 13.2.